The van der Waals surface area contributed by atoms with Gasteiger partial charge in [0.05, 0.1) is 0 Å². The number of carbonyl (C=O) groups excluding carboxylic acids is 1. The van der Waals surface area contributed by atoms with Gasteiger partial charge in [-0.1, -0.05) is 18.5 Å². The van der Waals surface area contributed by atoms with Crippen LogP contribution in [0.15, 0.2) is 24.3 Å². The lowest BCUT2D eigenvalue weighted by Gasteiger charge is -2.34. The number of halogens is 1. The quantitative estimate of drug-likeness (QED) is 0.893. The third kappa shape index (κ3) is 5.21. The molecule has 0 bridgehead atoms. The van der Waals surface area contributed by atoms with E-state index in [1.807, 2.05) is 0 Å². The number of amides is 2. The van der Waals surface area contributed by atoms with E-state index < -0.39 is 0 Å². The molecule has 2 rings (SSSR count). The molecule has 1 fully saturated rings. The number of piperidine rings is 1. The number of nitrogens with one attached hydrogen (secondary N) is 2. The minimum Gasteiger partial charge on any atom is -0.336 e. The summed E-state index contributed by atoms with van der Waals surface area (Å²) in [5.74, 6) is 0.828. The molecule has 116 valence electrons. The van der Waals surface area contributed by atoms with Crippen molar-refractivity contribution in [3.05, 3.63) is 29.3 Å². The Morgan fingerprint density at radius 1 is 1.33 bits per heavy atom. The molecule has 1 unspecified atom stereocenters. The lowest BCUT2D eigenvalue weighted by Crippen LogP contribution is -2.46. The van der Waals surface area contributed by atoms with Crippen molar-refractivity contribution in [3.63, 3.8) is 0 Å². The van der Waals surface area contributed by atoms with Gasteiger partial charge < -0.3 is 10.6 Å². The number of carbonyl (C=O) groups is 1. The molecule has 0 aromatic heterocycles. The summed E-state index contributed by atoms with van der Waals surface area (Å²) >= 11 is 5.81. The Balaban J connectivity index is 1.72. The molecular formula is C16H24ClN3O. The summed E-state index contributed by atoms with van der Waals surface area (Å²) in [5, 5.41) is 6.40. The van der Waals surface area contributed by atoms with Crippen molar-refractivity contribution in [1.82, 2.24) is 10.2 Å². The van der Waals surface area contributed by atoms with Crippen LogP contribution in [0.4, 0.5) is 10.5 Å². The van der Waals surface area contributed by atoms with E-state index in [9.17, 15) is 4.79 Å². The molecule has 1 heterocycles. The molecule has 1 aromatic rings. The molecule has 2 amide bonds. The van der Waals surface area contributed by atoms with Gasteiger partial charge in [0, 0.05) is 23.3 Å². The van der Waals surface area contributed by atoms with Crippen molar-refractivity contribution in [3.8, 4) is 0 Å². The standard InChI is InChI=1S/C16H24ClN3O/c1-12-7-9-20(10-8-12)13(2)11-18-16(21)19-15-5-3-14(17)4-6-15/h3-6,12-13H,7-11H2,1-2H3,(H2,18,19,21). The Hall–Kier alpha value is -1.26. The summed E-state index contributed by atoms with van der Waals surface area (Å²) < 4.78 is 0. The zero-order valence-electron chi connectivity index (χ0n) is 12.7. The van der Waals surface area contributed by atoms with E-state index in [0.29, 0.717) is 17.6 Å². The van der Waals surface area contributed by atoms with Crippen molar-refractivity contribution >= 4 is 23.3 Å². The minimum atomic E-state index is -0.172. The predicted molar refractivity (Wildman–Crippen MR) is 87.9 cm³/mol. The van der Waals surface area contributed by atoms with Crippen LogP contribution in [0, 0.1) is 5.92 Å². The van der Waals surface area contributed by atoms with Gasteiger partial charge in [-0.2, -0.15) is 0 Å². The van der Waals surface area contributed by atoms with Crippen LogP contribution >= 0.6 is 11.6 Å². The molecule has 2 N–H and O–H groups in total. The first-order valence-electron chi connectivity index (χ1n) is 7.59. The number of hydrogen-bond acceptors (Lipinski definition) is 2. The molecule has 1 atom stereocenters. The fourth-order valence-corrected chi connectivity index (χ4v) is 2.67. The second-order valence-corrected chi connectivity index (χ2v) is 6.35. The van der Waals surface area contributed by atoms with Crippen molar-refractivity contribution < 1.29 is 4.79 Å². The van der Waals surface area contributed by atoms with Gasteiger partial charge in [0.15, 0.2) is 0 Å². The smallest absolute Gasteiger partial charge is 0.319 e. The Morgan fingerprint density at radius 3 is 2.57 bits per heavy atom. The van der Waals surface area contributed by atoms with Gasteiger partial charge >= 0.3 is 6.03 Å². The van der Waals surface area contributed by atoms with Gasteiger partial charge in [0.25, 0.3) is 0 Å². The van der Waals surface area contributed by atoms with E-state index in [1.54, 1.807) is 24.3 Å². The number of anilines is 1. The van der Waals surface area contributed by atoms with E-state index in [2.05, 4.69) is 29.4 Å². The van der Waals surface area contributed by atoms with Crippen LogP contribution < -0.4 is 10.6 Å². The number of benzene rings is 1. The molecule has 1 saturated heterocycles. The Labute approximate surface area is 131 Å². The van der Waals surface area contributed by atoms with E-state index >= 15 is 0 Å². The highest BCUT2D eigenvalue weighted by atomic mass is 35.5. The van der Waals surface area contributed by atoms with E-state index in [0.717, 1.165) is 24.7 Å². The molecule has 5 heteroatoms. The number of urea groups is 1. The highest BCUT2D eigenvalue weighted by Crippen LogP contribution is 2.17. The largest absolute Gasteiger partial charge is 0.336 e. The SMILES string of the molecule is CC1CCN(C(C)CNC(=O)Nc2ccc(Cl)cc2)CC1. The van der Waals surface area contributed by atoms with Crippen molar-refractivity contribution in [1.29, 1.82) is 0 Å². The van der Waals surface area contributed by atoms with Gasteiger partial charge in [0.1, 0.15) is 0 Å². The molecule has 1 aliphatic rings. The molecular weight excluding hydrogens is 286 g/mol. The zero-order chi connectivity index (χ0) is 15.2. The topological polar surface area (TPSA) is 44.4 Å². The Kier molecular flexibility index (Phi) is 5.88. The first kappa shape index (κ1) is 16.1. The first-order chi connectivity index (χ1) is 10.0. The minimum absolute atomic E-state index is 0.172. The molecule has 1 aliphatic heterocycles. The average molecular weight is 310 g/mol. The summed E-state index contributed by atoms with van der Waals surface area (Å²) in [5.41, 5.74) is 0.747. The third-order valence-corrected chi connectivity index (χ3v) is 4.35. The third-order valence-electron chi connectivity index (χ3n) is 4.10. The van der Waals surface area contributed by atoms with Gasteiger partial charge in [-0.25, -0.2) is 4.79 Å². The van der Waals surface area contributed by atoms with Crippen LogP contribution in [0.2, 0.25) is 5.02 Å². The van der Waals surface area contributed by atoms with Crippen LogP contribution in [0.25, 0.3) is 0 Å². The molecule has 21 heavy (non-hydrogen) atoms. The van der Waals surface area contributed by atoms with E-state index in [4.69, 9.17) is 11.6 Å². The van der Waals surface area contributed by atoms with Crippen molar-refractivity contribution in [2.75, 3.05) is 25.0 Å². The Bertz CT molecular complexity index is 455. The number of nitrogens with zero attached hydrogens (tertiary/aromatic N) is 1. The second kappa shape index (κ2) is 7.66. The molecule has 0 aliphatic carbocycles. The maximum Gasteiger partial charge on any atom is 0.319 e. The monoisotopic (exact) mass is 309 g/mol. The van der Waals surface area contributed by atoms with E-state index in [-0.39, 0.29) is 6.03 Å². The lowest BCUT2D eigenvalue weighted by atomic mass is 9.98. The fraction of sp³-hybridized carbons (Fsp3) is 0.562. The highest BCUT2D eigenvalue weighted by molar-refractivity contribution is 6.30. The maximum atomic E-state index is 11.9. The van der Waals surface area contributed by atoms with Crippen molar-refractivity contribution in [2.45, 2.75) is 32.7 Å². The van der Waals surface area contributed by atoms with Crippen LogP contribution in [-0.4, -0.2) is 36.6 Å². The zero-order valence-corrected chi connectivity index (χ0v) is 13.5. The molecule has 1 aromatic carbocycles. The number of rotatable bonds is 4. The fourth-order valence-electron chi connectivity index (χ4n) is 2.55. The number of hydrogen-bond donors (Lipinski definition) is 2. The molecule has 0 spiro atoms. The van der Waals surface area contributed by atoms with Gasteiger partial charge in [-0.05, 0) is 63.0 Å². The van der Waals surface area contributed by atoms with Crippen LogP contribution in [0.1, 0.15) is 26.7 Å². The number of likely N-dealkylation sites (tertiary alicyclic amines) is 1. The lowest BCUT2D eigenvalue weighted by molar-refractivity contribution is 0.146. The van der Waals surface area contributed by atoms with Crippen LogP contribution in [0.5, 0.6) is 0 Å². The summed E-state index contributed by atoms with van der Waals surface area (Å²) in [6, 6.07) is 7.29. The molecule has 0 saturated carbocycles. The second-order valence-electron chi connectivity index (χ2n) is 5.91. The predicted octanol–water partition coefficient (Wildman–Crippen LogP) is 3.58. The first-order valence-corrected chi connectivity index (χ1v) is 7.97. The Morgan fingerprint density at radius 2 is 1.95 bits per heavy atom. The van der Waals surface area contributed by atoms with Crippen LogP contribution in [-0.2, 0) is 0 Å². The van der Waals surface area contributed by atoms with Crippen LogP contribution in [0.3, 0.4) is 0 Å². The van der Waals surface area contributed by atoms with Gasteiger partial charge in [0.2, 0.25) is 0 Å². The summed E-state index contributed by atoms with van der Waals surface area (Å²) in [6.07, 6.45) is 2.50. The highest BCUT2D eigenvalue weighted by Gasteiger charge is 2.20. The summed E-state index contributed by atoms with van der Waals surface area (Å²) in [4.78, 5) is 14.3. The van der Waals surface area contributed by atoms with Gasteiger partial charge in [-0.3, -0.25) is 4.90 Å². The molecule has 0 radical (unpaired) electrons. The maximum absolute atomic E-state index is 11.9. The normalized spacial score (nSPS) is 18.2. The van der Waals surface area contributed by atoms with Gasteiger partial charge in [-0.15, -0.1) is 0 Å². The molecule has 4 nitrogen and oxygen atoms in total. The summed E-state index contributed by atoms with van der Waals surface area (Å²) in [6.45, 7) is 7.39. The van der Waals surface area contributed by atoms with Crippen molar-refractivity contribution in [2.24, 2.45) is 5.92 Å². The van der Waals surface area contributed by atoms with E-state index in [1.165, 1.54) is 12.8 Å². The summed E-state index contributed by atoms with van der Waals surface area (Å²) in [7, 11) is 0. The average Bonchev–Trinajstić information content (AvgIpc) is 2.48.